The van der Waals surface area contributed by atoms with E-state index in [9.17, 15) is 15.0 Å². The first kappa shape index (κ1) is 16.3. The molecule has 0 radical (unpaired) electrons. The van der Waals surface area contributed by atoms with Crippen LogP contribution >= 0.6 is 11.6 Å². The molecule has 1 unspecified atom stereocenters. The molecule has 0 bridgehead atoms. The van der Waals surface area contributed by atoms with Crippen molar-refractivity contribution in [2.45, 2.75) is 6.10 Å². The maximum absolute atomic E-state index is 12.3. The molecule has 24 heavy (non-hydrogen) atoms. The fourth-order valence-corrected chi connectivity index (χ4v) is 2.56. The number of carbonyl (C=O) groups is 1. The van der Waals surface area contributed by atoms with E-state index in [0.29, 0.717) is 16.3 Å². The number of anilines is 1. The topological polar surface area (TPSA) is 106 Å². The number of phenolic OH excluding ortho intramolecular Hbond substituents is 1. The zero-order chi connectivity index (χ0) is 17.3. The number of aliphatic hydroxyl groups is 2. The fourth-order valence-electron chi connectivity index (χ4n) is 2.38. The highest BCUT2D eigenvalue weighted by Gasteiger charge is 2.14. The Morgan fingerprint density at radius 1 is 1.21 bits per heavy atom. The van der Waals surface area contributed by atoms with Crippen LogP contribution in [-0.4, -0.2) is 32.8 Å². The van der Waals surface area contributed by atoms with Crippen LogP contribution < -0.4 is 5.32 Å². The summed E-state index contributed by atoms with van der Waals surface area (Å²) < 4.78 is 0. The average molecular weight is 347 g/mol. The van der Waals surface area contributed by atoms with Gasteiger partial charge in [-0.15, -0.1) is 0 Å². The summed E-state index contributed by atoms with van der Waals surface area (Å²) in [6, 6.07) is 11.2. The van der Waals surface area contributed by atoms with Gasteiger partial charge in [0.05, 0.1) is 12.3 Å². The summed E-state index contributed by atoms with van der Waals surface area (Å²) in [5, 5.41) is 32.4. The average Bonchev–Trinajstić information content (AvgIpc) is 2.99. The highest BCUT2D eigenvalue weighted by molar-refractivity contribution is 6.31. The van der Waals surface area contributed by atoms with Crippen molar-refractivity contribution in [3.8, 4) is 5.75 Å². The molecule has 0 aliphatic carbocycles. The molecule has 3 aromatic rings. The van der Waals surface area contributed by atoms with Crippen LogP contribution in [0.4, 0.5) is 5.69 Å². The molecule has 1 atom stereocenters. The van der Waals surface area contributed by atoms with Gasteiger partial charge in [-0.1, -0.05) is 17.7 Å². The second-order valence-corrected chi connectivity index (χ2v) is 5.78. The van der Waals surface area contributed by atoms with Crippen molar-refractivity contribution >= 4 is 34.1 Å². The van der Waals surface area contributed by atoms with Crippen LogP contribution in [0, 0.1) is 0 Å². The van der Waals surface area contributed by atoms with E-state index in [0.717, 1.165) is 10.9 Å². The van der Waals surface area contributed by atoms with E-state index in [-0.39, 0.29) is 11.4 Å². The quantitative estimate of drug-likeness (QED) is 0.468. The molecule has 124 valence electrons. The van der Waals surface area contributed by atoms with Crippen LogP contribution in [0.3, 0.4) is 0 Å². The predicted molar refractivity (Wildman–Crippen MR) is 91.4 cm³/mol. The van der Waals surface area contributed by atoms with E-state index in [1.807, 2.05) is 0 Å². The molecular weight excluding hydrogens is 332 g/mol. The Kier molecular flexibility index (Phi) is 4.44. The minimum atomic E-state index is -1.08. The summed E-state index contributed by atoms with van der Waals surface area (Å²) in [6.45, 7) is -0.456. The van der Waals surface area contributed by atoms with Crippen molar-refractivity contribution in [2.75, 3.05) is 11.9 Å². The number of fused-ring (bicyclic) bond motifs is 1. The predicted octanol–water partition coefficient (Wildman–Crippen LogP) is 2.80. The Morgan fingerprint density at radius 2 is 2.00 bits per heavy atom. The highest BCUT2D eigenvalue weighted by Crippen LogP contribution is 2.28. The zero-order valence-electron chi connectivity index (χ0n) is 12.5. The maximum Gasteiger partial charge on any atom is 0.272 e. The monoisotopic (exact) mass is 346 g/mol. The van der Waals surface area contributed by atoms with Gasteiger partial charge in [0.25, 0.3) is 5.91 Å². The minimum absolute atomic E-state index is 0.200. The molecule has 0 saturated carbocycles. The number of carbonyl (C=O) groups excluding carboxylic acids is 1. The van der Waals surface area contributed by atoms with Gasteiger partial charge in [-0.2, -0.15) is 0 Å². The van der Waals surface area contributed by atoms with Crippen LogP contribution in [0.2, 0.25) is 5.02 Å². The van der Waals surface area contributed by atoms with Gasteiger partial charge in [-0.05, 0) is 42.0 Å². The lowest BCUT2D eigenvalue weighted by molar-refractivity contribution is 0.0954. The largest absolute Gasteiger partial charge is 0.506 e. The Morgan fingerprint density at radius 3 is 2.71 bits per heavy atom. The molecule has 0 aliphatic heterocycles. The maximum atomic E-state index is 12.3. The summed E-state index contributed by atoms with van der Waals surface area (Å²) in [6.07, 6.45) is -1.08. The molecule has 2 aromatic carbocycles. The summed E-state index contributed by atoms with van der Waals surface area (Å²) in [4.78, 5) is 15.3. The number of halogens is 1. The number of nitrogens with one attached hydrogen (secondary N) is 2. The number of phenols is 1. The lowest BCUT2D eigenvalue weighted by Crippen LogP contribution is -2.12. The van der Waals surface area contributed by atoms with E-state index in [1.165, 1.54) is 18.2 Å². The second-order valence-electron chi connectivity index (χ2n) is 5.34. The summed E-state index contributed by atoms with van der Waals surface area (Å²) in [5.41, 5.74) is 1.65. The van der Waals surface area contributed by atoms with Gasteiger partial charge >= 0.3 is 0 Å². The molecule has 0 aliphatic rings. The van der Waals surface area contributed by atoms with Crippen molar-refractivity contribution in [3.63, 3.8) is 0 Å². The van der Waals surface area contributed by atoms with Crippen molar-refractivity contribution in [3.05, 3.63) is 58.7 Å². The number of aromatic hydroxyl groups is 1. The molecule has 6 nitrogen and oxygen atoms in total. The Hall–Kier alpha value is -2.54. The van der Waals surface area contributed by atoms with Crippen molar-refractivity contribution in [2.24, 2.45) is 0 Å². The van der Waals surface area contributed by atoms with E-state index < -0.39 is 18.6 Å². The first-order valence-corrected chi connectivity index (χ1v) is 7.57. The number of aromatic nitrogens is 1. The Bertz CT molecular complexity index is 907. The highest BCUT2D eigenvalue weighted by atomic mass is 35.5. The standard InChI is InChI=1S/C17H15ClN2O4/c18-11-2-4-12-10(5-11)6-14(19-12)17(24)20-13-3-1-9(7-15(13)22)16(23)8-21/h1-7,16,19,21-23H,8H2,(H,20,24). The molecule has 0 spiro atoms. The number of amides is 1. The molecule has 0 saturated heterocycles. The summed E-state index contributed by atoms with van der Waals surface area (Å²) in [5.74, 6) is -0.624. The second kappa shape index (κ2) is 6.52. The van der Waals surface area contributed by atoms with Crippen LogP contribution in [-0.2, 0) is 0 Å². The SMILES string of the molecule is O=C(Nc1ccc(C(O)CO)cc1O)c1cc2cc(Cl)ccc2[nH]1. The fraction of sp³-hybridized carbons (Fsp3) is 0.118. The van der Waals surface area contributed by atoms with Gasteiger partial charge < -0.3 is 25.6 Å². The third-order valence-corrected chi connectivity index (χ3v) is 3.89. The first-order valence-electron chi connectivity index (χ1n) is 7.19. The van der Waals surface area contributed by atoms with Gasteiger partial charge in [-0.3, -0.25) is 4.79 Å². The molecule has 1 aromatic heterocycles. The number of aromatic amines is 1. The van der Waals surface area contributed by atoms with Crippen LogP contribution in [0.25, 0.3) is 10.9 Å². The third-order valence-electron chi connectivity index (χ3n) is 3.66. The molecule has 1 heterocycles. The molecule has 1 amide bonds. The number of aliphatic hydroxyl groups excluding tert-OH is 2. The molecule has 7 heteroatoms. The number of benzene rings is 2. The van der Waals surface area contributed by atoms with Gasteiger partial charge in [0.2, 0.25) is 0 Å². The number of H-pyrrole nitrogens is 1. The van der Waals surface area contributed by atoms with Crippen molar-refractivity contribution in [1.29, 1.82) is 0 Å². The first-order chi connectivity index (χ1) is 11.5. The van der Waals surface area contributed by atoms with Crippen molar-refractivity contribution < 1.29 is 20.1 Å². The Balaban J connectivity index is 1.83. The van der Waals surface area contributed by atoms with E-state index >= 15 is 0 Å². The molecular formula is C17H15ClN2O4. The van der Waals surface area contributed by atoms with Crippen LogP contribution in [0.1, 0.15) is 22.2 Å². The molecule has 0 fully saturated rings. The Labute approximate surface area is 142 Å². The lowest BCUT2D eigenvalue weighted by atomic mass is 10.1. The van der Waals surface area contributed by atoms with Gasteiger partial charge in [-0.25, -0.2) is 0 Å². The van der Waals surface area contributed by atoms with Crippen LogP contribution in [0.15, 0.2) is 42.5 Å². The zero-order valence-corrected chi connectivity index (χ0v) is 13.2. The van der Waals surface area contributed by atoms with Gasteiger partial charge in [0.1, 0.15) is 17.5 Å². The molecule has 3 rings (SSSR count). The minimum Gasteiger partial charge on any atom is -0.506 e. The van der Waals surface area contributed by atoms with E-state index in [4.69, 9.17) is 16.7 Å². The normalized spacial score (nSPS) is 12.3. The van der Waals surface area contributed by atoms with E-state index in [2.05, 4.69) is 10.3 Å². The summed E-state index contributed by atoms with van der Waals surface area (Å²) >= 11 is 5.92. The third kappa shape index (κ3) is 3.21. The number of hydrogen-bond acceptors (Lipinski definition) is 4. The molecule has 5 N–H and O–H groups in total. The van der Waals surface area contributed by atoms with Gasteiger partial charge in [0.15, 0.2) is 0 Å². The van der Waals surface area contributed by atoms with Crippen LogP contribution in [0.5, 0.6) is 5.75 Å². The number of rotatable bonds is 4. The smallest absolute Gasteiger partial charge is 0.272 e. The van der Waals surface area contributed by atoms with E-state index in [1.54, 1.807) is 24.3 Å². The number of hydrogen-bond donors (Lipinski definition) is 5. The van der Waals surface area contributed by atoms with Crippen molar-refractivity contribution in [1.82, 2.24) is 4.98 Å². The lowest BCUT2D eigenvalue weighted by Gasteiger charge is -2.11. The summed E-state index contributed by atoms with van der Waals surface area (Å²) in [7, 11) is 0. The van der Waals surface area contributed by atoms with Gasteiger partial charge in [0, 0.05) is 15.9 Å².